The van der Waals surface area contributed by atoms with Gasteiger partial charge in [0.15, 0.2) is 0 Å². The van der Waals surface area contributed by atoms with E-state index in [4.69, 9.17) is 4.74 Å². The summed E-state index contributed by atoms with van der Waals surface area (Å²) in [7, 11) is 0. The highest BCUT2D eigenvalue weighted by Crippen LogP contribution is 2.26. The van der Waals surface area contributed by atoms with Gasteiger partial charge in [-0.25, -0.2) is 0 Å². The summed E-state index contributed by atoms with van der Waals surface area (Å²) in [6, 6.07) is 7.86. The minimum atomic E-state index is -0.270. The fourth-order valence-electron chi connectivity index (χ4n) is 1.93. The van der Waals surface area contributed by atoms with Gasteiger partial charge in [-0.15, -0.1) is 0 Å². The maximum atomic E-state index is 10.8. The van der Waals surface area contributed by atoms with E-state index in [0.717, 1.165) is 6.42 Å². The first-order valence-corrected chi connectivity index (χ1v) is 5.95. The average molecular weight is 220 g/mol. The highest BCUT2D eigenvalue weighted by atomic mass is 16.5. The molecule has 0 amide bonds. The van der Waals surface area contributed by atoms with Crippen molar-refractivity contribution in [3.8, 4) is 5.75 Å². The van der Waals surface area contributed by atoms with E-state index in [0.29, 0.717) is 11.7 Å². The Bertz CT molecular complexity index is 327. The molecule has 0 aliphatic heterocycles. The summed E-state index contributed by atoms with van der Waals surface area (Å²) >= 11 is 0. The van der Waals surface area contributed by atoms with E-state index in [1.807, 2.05) is 12.1 Å². The number of rotatable bonds is 5. The molecule has 0 saturated heterocycles. The van der Waals surface area contributed by atoms with Crippen molar-refractivity contribution >= 4 is 5.97 Å². The summed E-state index contributed by atoms with van der Waals surface area (Å²) in [6.07, 6.45) is 3.56. The highest BCUT2D eigenvalue weighted by molar-refractivity contribution is 5.69. The first-order chi connectivity index (χ1) is 7.67. The molecule has 16 heavy (non-hydrogen) atoms. The third-order valence-electron chi connectivity index (χ3n) is 2.74. The van der Waals surface area contributed by atoms with E-state index in [1.54, 1.807) is 0 Å². The summed E-state index contributed by atoms with van der Waals surface area (Å²) in [4.78, 5) is 10.8. The van der Waals surface area contributed by atoms with Gasteiger partial charge in [-0.1, -0.05) is 32.4 Å². The lowest BCUT2D eigenvalue weighted by Crippen LogP contribution is -2.02. The molecule has 0 fully saturated rings. The number of carbonyl (C=O) groups is 1. The van der Waals surface area contributed by atoms with Crippen molar-refractivity contribution in [3.63, 3.8) is 0 Å². The van der Waals surface area contributed by atoms with Gasteiger partial charge in [0, 0.05) is 6.92 Å². The van der Waals surface area contributed by atoms with Crippen LogP contribution in [0.2, 0.25) is 0 Å². The van der Waals surface area contributed by atoms with Crippen LogP contribution in [-0.2, 0) is 4.79 Å². The lowest BCUT2D eigenvalue weighted by Gasteiger charge is -2.14. The van der Waals surface area contributed by atoms with Crippen LogP contribution < -0.4 is 4.74 Å². The molecular weight excluding hydrogens is 200 g/mol. The van der Waals surface area contributed by atoms with Gasteiger partial charge in [-0.05, 0) is 36.5 Å². The molecule has 1 aromatic rings. The van der Waals surface area contributed by atoms with Crippen LogP contribution in [0.15, 0.2) is 24.3 Å². The lowest BCUT2D eigenvalue weighted by molar-refractivity contribution is -0.131. The smallest absolute Gasteiger partial charge is 0.308 e. The maximum Gasteiger partial charge on any atom is 0.308 e. The van der Waals surface area contributed by atoms with E-state index in [9.17, 15) is 4.79 Å². The quantitative estimate of drug-likeness (QED) is 0.555. The Hall–Kier alpha value is -1.31. The summed E-state index contributed by atoms with van der Waals surface area (Å²) in [6.45, 7) is 5.83. The van der Waals surface area contributed by atoms with Crippen LogP contribution >= 0.6 is 0 Å². The first-order valence-electron chi connectivity index (χ1n) is 5.95. The first kappa shape index (κ1) is 12.8. The number of hydrogen-bond acceptors (Lipinski definition) is 2. The minimum Gasteiger partial charge on any atom is -0.427 e. The zero-order chi connectivity index (χ0) is 12.0. The Morgan fingerprint density at radius 3 is 2.31 bits per heavy atom. The molecule has 0 bridgehead atoms. The number of hydrogen-bond donors (Lipinski definition) is 0. The fourth-order valence-corrected chi connectivity index (χ4v) is 1.93. The Balaban J connectivity index is 2.72. The maximum absolute atomic E-state index is 10.8. The molecule has 0 spiro atoms. The van der Waals surface area contributed by atoms with Crippen LogP contribution in [0, 0.1) is 0 Å². The van der Waals surface area contributed by atoms with E-state index in [-0.39, 0.29) is 5.97 Å². The highest BCUT2D eigenvalue weighted by Gasteiger charge is 2.08. The summed E-state index contributed by atoms with van der Waals surface area (Å²) in [5, 5.41) is 0. The number of benzene rings is 1. The van der Waals surface area contributed by atoms with Gasteiger partial charge in [0.05, 0.1) is 0 Å². The second-order valence-electron chi connectivity index (χ2n) is 4.06. The molecule has 88 valence electrons. The van der Waals surface area contributed by atoms with Crippen molar-refractivity contribution in [2.75, 3.05) is 0 Å². The van der Waals surface area contributed by atoms with E-state index in [2.05, 4.69) is 26.0 Å². The molecule has 0 aliphatic rings. The largest absolute Gasteiger partial charge is 0.427 e. The summed E-state index contributed by atoms with van der Waals surface area (Å²) in [5.41, 5.74) is 1.33. The Labute approximate surface area is 97.6 Å². The van der Waals surface area contributed by atoms with Crippen molar-refractivity contribution in [2.45, 2.75) is 46.0 Å². The molecule has 0 saturated carbocycles. The van der Waals surface area contributed by atoms with Crippen molar-refractivity contribution in [2.24, 2.45) is 0 Å². The SMILES string of the molecule is CCCC(CC)c1ccc(OC(C)=O)cc1. The van der Waals surface area contributed by atoms with Crippen LogP contribution in [0.25, 0.3) is 0 Å². The Morgan fingerprint density at radius 1 is 1.25 bits per heavy atom. The Kier molecular flexibility index (Phi) is 5.03. The van der Waals surface area contributed by atoms with Crippen LogP contribution in [0.3, 0.4) is 0 Å². The predicted octanol–water partition coefficient (Wildman–Crippen LogP) is 3.91. The van der Waals surface area contributed by atoms with Crippen LogP contribution in [-0.4, -0.2) is 5.97 Å². The topological polar surface area (TPSA) is 26.3 Å². The van der Waals surface area contributed by atoms with Gasteiger partial charge in [0.2, 0.25) is 0 Å². The van der Waals surface area contributed by atoms with Crippen LogP contribution in [0.4, 0.5) is 0 Å². The molecule has 0 radical (unpaired) electrons. The lowest BCUT2D eigenvalue weighted by atomic mass is 9.92. The molecule has 1 aromatic carbocycles. The molecule has 2 nitrogen and oxygen atoms in total. The van der Waals surface area contributed by atoms with Gasteiger partial charge in [0.1, 0.15) is 5.75 Å². The molecule has 2 heteroatoms. The van der Waals surface area contributed by atoms with Gasteiger partial charge < -0.3 is 4.74 Å². The van der Waals surface area contributed by atoms with Crippen molar-refractivity contribution < 1.29 is 9.53 Å². The average Bonchev–Trinajstić information content (AvgIpc) is 2.26. The van der Waals surface area contributed by atoms with E-state index < -0.39 is 0 Å². The fraction of sp³-hybridized carbons (Fsp3) is 0.500. The predicted molar refractivity (Wildman–Crippen MR) is 65.7 cm³/mol. The van der Waals surface area contributed by atoms with Crippen LogP contribution in [0.5, 0.6) is 5.75 Å². The monoisotopic (exact) mass is 220 g/mol. The summed E-state index contributed by atoms with van der Waals surface area (Å²) < 4.78 is 5.00. The van der Waals surface area contributed by atoms with Crippen molar-refractivity contribution in [3.05, 3.63) is 29.8 Å². The van der Waals surface area contributed by atoms with Gasteiger partial charge in [-0.2, -0.15) is 0 Å². The molecule has 0 N–H and O–H groups in total. The van der Waals surface area contributed by atoms with Crippen molar-refractivity contribution in [1.29, 1.82) is 0 Å². The molecule has 0 aliphatic carbocycles. The number of carbonyl (C=O) groups excluding carboxylic acids is 1. The molecule has 0 aromatic heterocycles. The van der Waals surface area contributed by atoms with Gasteiger partial charge in [0.25, 0.3) is 0 Å². The second kappa shape index (κ2) is 6.31. The Morgan fingerprint density at radius 2 is 1.88 bits per heavy atom. The molecule has 1 unspecified atom stereocenters. The third-order valence-corrected chi connectivity index (χ3v) is 2.74. The van der Waals surface area contributed by atoms with Gasteiger partial charge >= 0.3 is 5.97 Å². The number of ether oxygens (including phenoxy) is 1. The molecular formula is C14H20O2. The normalized spacial score (nSPS) is 12.2. The molecule has 0 heterocycles. The van der Waals surface area contributed by atoms with E-state index >= 15 is 0 Å². The van der Waals surface area contributed by atoms with E-state index in [1.165, 1.54) is 25.3 Å². The standard InChI is InChI=1S/C14H20O2/c1-4-6-12(5-2)13-7-9-14(10-8-13)16-11(3)15/h7-10,12H,4-6H2,1-3H3. The second-order valence-corrected chi connectivity index (χ2v) is 4.06. The zero-order valence-corrected chi connectivity index (χ0v) is 10.3. The number of esters is 1. The summed E-state index contributed by atoms with van der Waals surface area (Å²) in [5.74, 6) is 0.979. The van der Waals surface area contributed by atoms with Crippen LogP contribution in [0.1, 0.15) is 51.5 Å². The molecule has 1 atom stereocenters. The zero-order valence-electron chi connectivity index (χ0n) is 10.3. The van der Waals surface area contributed by atoms with Gasteiger partial charge in [-0.3, -0.25) is 4.79 Å². The third kappa shape index (κ3) is 3.69. The molecule has 1 rings (SSSR count). The van der Waals surface area contributed by atoms with Crippen molar-refractivity contribution in [1.82, 2.24) is 0 Å². The minimum absolute atomic E-state index is 0.270.